The molecule has 1 saturated carbocycles. The standard InChI is InChI=1S/C20H21N3O5/c21-16-8-7-14(11-17(16)23(26)27)19(25)28-12-18(24)22-13-20(9-4-10-20)15-5-2-1-3-6-15/h1-3,5-8,11H,4,9-10,12-13,21H2,(H,22,24). The van der Waals surface area contributed by atoms with Gasteiger partial charge < -0.3 is 15.8 Å². The van der Waals surface area contributed by atoms with Crippen molar-refractivity contribution < 1.29 is 19.2 Å². The summed E-state index contributed by atoms with van der Waals surface area (Å²) in [5, 5.41) is 13.7. The number of benzene rings is 2. The van der Waals surface area contributed by atoms with Crippen molar-refractivity contribution in [3.05, 3.63) is 69.8 Å². The van der Waals surface area contributed by atoms with Crippen LogP contribution in [0.4, 0.5) is 11.4 Å². The molecule has 1 fully saturated rings. The number of carbonyl (C=O) groups is 2. The maximum absolute atomic E-state index is 12.1. The van der Waals surface area contributed by atoms with Crippen molar-refractivity contribution in [1.29, 1.82) is 0 Å². The van der Waals surface area contributed by atoms with Crippen LogP contribution in [0.5, 0.6) is 0 Å². The summed E-state index contributed by atoms with van der Waals surface area (Å²) in [6, 6.07) is 13.6. The summed E-state index contributed by atoms with van der Waals surface area (Å²) in [5.74, 6) is -1.24. The Kier molecular flexibility index (Phi) is 5.58. The van der Waals surface area contributed by atoms with Crippen molar-refractivity contribution in [1.82, 2.24) is 5.32 Å². The van der Waals surface area contributed by atoms with Gasteiger partial charge in [0.05, 0.1) is 10.5 Å². The van der Waals surface area contributed by atoms with Crippen molar-refractivity contribution in [3.8, 4) is 0 Å². The molecule has 1 amide bonds. The predicted molar refractivity (Wildman–Crippen MR) is 103 cm³/mol. The number of hydrogen-bond donors (Lipinski definition) is 2. The number of esters is 1. The molecule has 0 aromatic heterocycles. The highest BCUT2D eigenvalue weighted by Gasteiger charge is 2.38. The zero-order valence-electron chi connectivity index (χ0n) is 15.2. The number of nitrogens with zero attached hydrogens (tertiary/aromatic N) is 1. The van der Waals surface area contributed by atoms with E-state index in [1.54, 1.807) is 0 Å². The van der Waals surface area contributed by atoms with E-state index < -0.39 is 23.4 Å². The van der Waals surface area contributed by atoms with Gasteiger partial charge >= 0.3 is 5.97 Å². The third-order valence-corrected chi connectivity index (χ3v) is 5.12. The Morgan fingerprint density at radius 2 is 1.89 bits per heavy atom. The monoisotopic (exact) mass is 383 g/mol. The van der Waals surface area contributed by atoms with Crippen LogP contribution in [-0.4, -0.2) is 30.0 Å². The van der Waals surface area contributed by atoms with Crippen LogP contribution in [0.3, 0.4) is 0 Å². The number of nitrogens with one attached hydrogen (secondary N) is 1. The first-order valence-electron chi connectivity index (χ1n) is 8.94. The summed E-state index contributed by atoms with van der Waals surface area (Å²) in [6.45, 7) is 0.0165. The van der Waals surface area contributed by atoms with Crippen LogP contribution in [-0.2, 0) is 14.9 Å². The minimum Gasteiger partial charge on any atom is -0.452 e. The number of nitrogens with two attached hydrogens (primary N) is 1. The Morgan fingerprint density at radius 3 is 2.50 bits per heavy atom. The van der Waals surface area contributed by atoms with Crippen molar-refractivity contribution in [2.45, 2.75) is 24.7 Å². The molecule has 3 N–H and O–H groups in total. The summed E-state index contributed by atoms with van der Waals surface area (Å²) < 4.78 is 4.97. The normalized spacial score (nSPS) is 14.6. The van der Waals surface area contributed by atoms with Gasteiger partial charge in [0.2, 0.25) is 0 Å². The molecule has 28 heavy (non-hydrogen) atoms. The third kappa shape index (κ3) is 4.11. The minimum absolute atomic E-state index is 0.0338. The van der Waals surface area contributed by atoms with Gasteiger partial charge in [-0.2, -0.15) is 0 Å². The lowest BCUT2D eigenvalue weighted by atomic mass is 9.64. The van der Waals surface area contributed by atoms with Crippen LogP contribution in [0.2, 0.25) is 0 Å². The fourth-order valence-corrected chi connectivity index (χ4v) is 3.32. The molecule has 0 saturated heterocycles. The van der Waals surface area contributed by atoms with E-state index in [0.29, 0.717) is 6.54 Å². The molecule has 1 aliphatic rings. The highest BCUT2D eigenvalue weighted by Crippen LogP contribution is 2.43. The van der Waals surface area contributed by atoms with Crippen molar-refractivity contribution in [3.63, 3.8) is 0 Å². The molecule has 0 bridgehead atoms. The third-order valence-electron chi connectivity index (χ3n) is 5.12. The van der Waals surface area contributed by atoms with Crippen molar-refractivity contribution in [2.75, 3.05) is 18.9 Å². The molecule has 1 aliphatic carbocycles. The van der Waals surface area contributed by atoms with Gasteiger partial charge in [0, 0.05) is 18.0 Å². The fraction of sp³-hybridized carbons (Fsp3) is 0.300. The van der Waals surface area contributed by atoms with Gasteiger partial charge in [-0.3, -0.25) is 14.9 Å². The molecular weight excluding hydrogens is 362 g/mol. The van der Waals surface area contributed by atoms with E-state index in [0.717, 1.165) is 25.3 Å². The fourth-order valence-electron chi connectivity index (χ4n) is 3.32. The summed E-state index contributed by atoms with van der Waals surface area (Å²) in [6.07, 6.45) is 3.09. The Morgan fingerprint density at radius 1 is 1.18 bits per heavy atom. The largest absolute Gasteiger partial charge is 0.452 e. The number of hydrogen-bond acceptors (Lipinski definition) is 6. The second-order valence-electron chi connectivity index (χ2n) is 6.88. The molecule has 0 heterocycles. The Balaban J connectivity index is 1.54. The maximum atomic E-state index is 12.1. The lowest BCUT2D eigenvalue weighted by molar-refractivity contribution is -0.383. The van der Waals surface area contributed by atoms with Gasteiger partial charge in [0.25, 0.3) is 11.6 Å². The molecule has 3 rings (SSSR count). The van der Waals surface area contributed by atoms with Crippen LogP contribution in [0.25, 0.3) is 0 Å². The molecule has 8 heteroatoms. The molecule has 2 aromatic rings. The zero-order valence-corrected chi connectivity index (χ0v) is 15.2. The number of nitro benzene ring substituents is 1. The lowest BCUT2D eigenvalue weighted by Gasteiger charge is -2.42. The van der Waals surface area contributed by atoms with E-state index in [2.05, 4.69) is 17.4 Å². The van der Waals surface area contributed by atoms with E-state index in [9.17, 15) is 19.7 Å². The maximum Gasteiger partial charge on any atom is 0.338 e. The average molecular weight is 383 g/mol. The second kappa shape index (κ2) is 8.08. The molecule has 0 atom stereocenters. The molecule has 0 spiro atoms. The van der Waals surface area contributed by atoms with E-state index in [4.69, 9.17) is 10.5 Å². The Bertz CT molecular complexity index is 894. The van der Waals surface area contributed by atoms with Gasteiger partial charge in [-0.15, -0.1) is 0 Å². The number of nitrogen functional groups attached to an aromatic ring is 1. The average Bonchev–Trinajstić information content (AvgIpc) is 2.66. The first-order chi connectivity index (χ1) is 13.4. The highest BCUT2D eigenvalue weighted by atomic mass is 16.6. The Labute approximate surface area is 161 Å². The van der Waals surface area contributed by atoms with E-state index >= 15 is 0 Å². The summed E-state index contributed by atoms with van der Waals surface area (Å²) in [4.78, 5) is 34.4. The first kappa shape index (κ1) is 19.3. The molecule has 146 valence electrons. The van der Waals surface area contributed by atoms with E-state index in [1.165, 1.54) is 17.7 Å². The van der Waals surface area contributed by atoms with Crippen molar-refractivity contribution in [2.24, 2.45) is 0 Å². The molecule has 0 aliphatic heterocycles. The zero-order chi connectivity index (χ0) is 20.1. The lowest BCUT2D eigenvalue weighted by Crippen LogP contribution is -2.46. The molecule has 8 nitrogen and oxygen atoms in total. The van der Waals surface area contributed by atoms with Crippen LogP contribution in [0.1, 0.15) is 35.2 Å². The van der Waals surface area contributed by atoms with Crippen LogP contribution in [0.15, 0.2) is 48.5 Å². The van der Waals surface area contributed by atoms with Gasteiger partial charge in [-0.1, -0.05) is 36.8 Å². The van der Waals surface area contributed by atoms with Gasteiger partial charge in [0.15, 0.2) is 6.61 Å². The number of anilines is 1. The first-order valence-corrected chi connectivity index (χ1v) is 8.94. The SMILES string of the molecule is Nc1ccc(C(=O)OCC(=O)NCC2(c3ccccc3)CCC2)cc1[N+](=O)[O-]. The number of carbonyl (C=O) groups excluding carboxylic acids is 2. The number of amides is 1. The highest BCUT2D eigenvalue weighted by molar-refractivity contribution is 5.92. The Hall–Kier alpha value is -3.42. The minimum atomic E-state index is -0.820. The molecule has 0 radical (unpaired) electrons. The summed E-state index contributed by atoms with van der Waals surface area (Å²) in [7, 11) is 0. The molecule has 0 unspecified atom stereocenters. The molecule has 2 aromatic carbocycles. The van der Waals surface area contributed by atoms with Crippen LogP contribution in [0, 0.1) is 10.1 Å². The molecular formula is C20H21N3O5. The van der Waals surface area contributed by atoms with Gasteiger partial charge in [0.1, 0.15) is 5.69 Å². The number of rotatable bonds is 7. The van der Waals surface area contributed by atoms with Gasteiger partial charge in [-0.25, -0.2) is 4.79 Å². The topological polar surface area (TPSA) is 125 Å². The van der Waals surface area contributed by atoms with E-state index in [-0.39, 0.29) is 22.4 Å². The van der Waals surface area contributed by atoms with E-state index in [1.807, 2.05) is 18.2 Å². The van der Waals surface area contributed by atoms with Crippen LogP contribution < -0.4 is 11.1 Å². The quantitative estimate of drug-likeness (QED) is 0.328. The van der Waals surface area contributed by atoms with Crippen molar-refractivity contribution >= 4 is 23.3 Å². The van der Waals surface area contributed by atoms with Crippen LogP contribution >= 0.6 is 0 Å². The second-order valence-corrected chi connectivity index (χ2v) is 6.88. The summed E-state index contributed by atoms with van der Waals surface area (Å²) >= 11 is 0. The summed E-state index contributed by atoms with van der Waals surface area (Å²) in [5.41, 5.74) is 6.15. The number of nitro groups is 1. The van der Waals surface area contributed by atoms with Gasteiger partial charge in [-0.05, 0) is 30.5 Å². The predicted octanol–water partition coefficient (Wildman–Crippen LogP) is 2.57. The smallest absolute Gasteiger partial charge is 0.338 e. The number of ether oxygens (including phenoxy) is 1.